The topological polar surface area (TPSA) is 373 Å². The van der Waals surface area contributed by atoms with E-state index >= 15 is 0 Å². The summed E-state index contributed by atoms with van der Waals surface area (Å²) in [4.78, 5) is 122. The number of nitrogens with zero attached hydrogens (tertiary/aromatic N) is 1. The van der Waals surface area contributed by atoms with Gasteiger partial charge in [-0.2, -0.15) is 0 Å². The second-order valence-corrected chi connectivity index (χ2v) is 16.9. The van der Waals surface area contributed by atoms with E-state index in [0.717, 1.165) is 11.1 Å². The summed E-state index contributed by atoms with van der Waals surface area (Å²) in [5.41, 5.74) is 23.3. The zero-order chi connectivity index (χ0) is 52.3. The second kappa shape index (κ2) is 30.4. The van der Waals surface area contributed by atoms with Crippen LogP contribution in [-0.2, 0) is 57.6 Å². The number of primary amides is 2. The molecule has 0 radical (unpaired) electrons. The molecule has 0 saturated carbocycles. The number of carbonyl (C=O) groups excluding carboxylic acids is 9. The fraction of sp³-hybridized carbons (Fsp3) is 0.417. The molecule has 0 spiro atoms. The number of nitrogens with two attached hydrogens (primary N) is 3. The minimum Gasteiger partial charge on any atom is -0.394 e. The van der Waals surface area contributed by atoms with Crippen LogP contribution in [0.25, 0.3) is 0 Å². The van der Waals surface area contributed by atoms with E-state index in [4.69, 9.17) is 17.2 Å². The highest BCUT2D eigenvalue weighted by Gasteiger charge is 2.32. The number of carbonyl (C=O) groups is 9. The molecule has 16 N–H and O–H groups in total. The largest absolute Gasteiger partial charge is 0.394 e. The lowest BCUT2D eigenvalue weighted by Gasteiger charge is -2.26. The Morgan fingerprint density at radius 2 is 1.06 bits per heavy atom. The standard InChI is InChI=1S/C48H67N13O10/c1-29(2)24-35(43(67)55-33(20-13-23-53-47(51)52-3)42(66)56-34(41(50)65)25-31-16-9-5-10-17-31)59-48(71)61-60-46(70)36(26-32-18-11-6-12-19-32)57-45(69)38(28-62)58-44(68)37(27-39(49)63)54-40(64)22-21-30-14-7-4-8-15-30/h4-12,14-19,29,33-38,62H,13,20-28H2,1-3H3,(H2,49,63)(H2,50,65)(H,54,64)(H,55,67)(H,56,66)(H,57,69)(H,58,68)(H,60,70)(H3,51,52,53)(H2,59,61,71)/t33-,34-,35-,36-,37-,38-/m0/s1. The number of hydrazine groups is 1. The first-order chi connectivity index (χ1) is 33.9. The van der Waals surface area contributed by atoms with E-state index in [1.807, 2.05) is 18.2 Å². The molecule has 3 aromatic carbocycles. The fourth-order valence-corrected chi connectivity index (χ4v) is 6.97. The molecule has 3 aromatic rings. The van der Waals surface area contributed by atoms with E-state index < -0.39 is 103 Å². The van der Waals surface area contributed by atoms with Crippen molar-refractivity contribution in [1.29, 1.82) is 0 Å². The molecular weight excluding hydrogens is 919 g/mol. The molecule has 0 aliphatic carbocycles. The summed E-state index contributed by atoms with van der Waals surface area (Å²) in [5, 5.41) is 28.1. The fourth-order valence-electron chi connectivity index (χ4n) is 6.97. The number of aliphatic hydroxyl groups excluding tert-OH is 1. The first-order valence-corrected chi connectivity index (χ1v) is 23.0. The summed E-state index contributed by atoms with van der Waals surface area (Å²) < 4.78 is 0. The number of urea groups is 1. The van der Waals surface area contributed by atoms with Crippen molar-refractivity contribution >= 4 is 59.2 Å². The van der Waals surface area contributed by atoms with Gasteiger partial charge in [-0.3, -0.25) is 48.8 Å². The summed E-state index contributed by atoms with van der Waals surface area (Å²) in [6, 6.07) is 17.1. The van der Waals surface area contributed by atoms with E-state index in [9.17, 15) is 48.3 Å². The molecule has 0 fully saturated rings. The number of rotatable bonds is 28. The molecule has 384 valence electrons. The van der Waals surface area contributed by atoms with Gasteiger partial charge < -0.3 is 59.5 Å². The molecule has 23 heteroatoms. The van der Waals surface area contributed by atoms with Crippen molar-refractivity contribution in [3.8, 4) is 0 Å². The van der Waals surface area contributed by atoms with Crippen LogP contribution in [-0.4, -0.2) is 121 Å². The number of amides is 10. The third kappa shape index (κ3) is 21.8. The molecule has 23 nitrogen and oxygen atoms in total. The minimum atomic E-state index is -1.69. The van der Waals surface area contributed by atoms with Gasteiger partial charge in [0.2, 0.25) is 41.4 Å². The number of hydrogen-bond donors (Lipinski definition) is 13. The van der Waals surface area contributed by atoms with Crippen LogP contribution in [0.5, 0.6) is 0 Å². The molecule has 0 saturated heterocycles. The van der Waals surface area contributed by atoms with Gasteiger partial charge in [0.15, 0.2) is 5.96 Å². The van der Waals surface area contributed by atoms with Crippen LogP contribution < -0.4 is 65.3 Å². The van der Waals surface area contributed by atoms with Crippen LogP contribution in [0.4, 0.5) is 4.79 Å². The molecule has 3 rings (SSSR count). The SMILES string of the molecule is CN=C(N)NCCC[C@H](NC(=O)[C@H](CC(C)C)NC(=O)NNC(=O)[C@H](Cc1ccccc1)NC(=O)[C@H](CO)NC(=O)[C@H](CC(N)=O)NC(=O)CCc1ccccc1)C(=O)N[C@@H](Cc1ccccc1)C(N)=O. The van der Waals surface area contributed by atoms with Crippen LogP contribution >= 0.6 is 0 Å². The Balaban J connectivity index is 1.72. The number of hydrogen-bond acceptors (Lipinski definition) is 11. The average molecular weight is 986 g/mol. The highest BCUT2D eigenvalue weighted by Crippen LogP contribution is 2.10. The number of guanidine groups is 1. The Bertz CT molecular complexity index is 2270. The Hall–Kier alpha value is -8.08. The predicted octanol–water partition coefficient (Wildman–Crippen LogP) is -2.06. The van der Waals surface area contributed by atoms with Crippen LogP contribution in [0, 0.1) is 5.92 Å². The van der Waals surface area contributed by atoms with Crippen molar-refractivity contribution in [2.24, 2.45) is 28.1 Å². The average Bonchev–Trinajstić information content (AvgIpc) is 3.34. The van der Waals surface area contributed by atoms with Crippen molar-refractivity contribution in [3.05, 3.63) is 108 Å². The summed E-state index contributed by atoms with van der Waals surface area (Å²) >= 11 is 0. The van der Waals surface area contributed by atoms with Gasteiger partial charge in [0.05, 0.1) is 13.0 Å². The number of nitrogens with one attached hydrogen (secondary N) is 9. The summed E-state index contributed by atoms with van der Waals surface area (Å²) in [7, 11) is 1.49. The Labute approximate surface area is 412 Å². The maximum absolute atomic E-state index is 13.9. The lowest BCUT2D eigenvalue weighted by atomic mass is 10.0. The highest BCUT2D eigenvalue weighted by molar-refractivity contribution is 5.97. The van der Waals surface area contributed by atoms with Gasteiger partial charge in [-0.05, 0) is 48.3 Å². The maximum atomic E-state index is 13.9. The van der Waals surface area contributed by atoms with E-state index in [-0.39, 0.29) is 50.5 Å². The molecule has 0 unspecified atom stereocenters. The van der Waals surface area contributed by atoms with Gasteiger partial charge in [0.25, 0.3) is 5.91 Å². The normalized spacial score (nSPS) is 13.6. The van der Waals surface area contributed by atoms with E-state index in [2.05, 4.69) is 53.1 Å². The minimum absolute atomic E-state index is 0.0376. The highest BCUT2D eigenvalue weighted by atomic mass is 16.3. The van der Waals surface area contributed by atoms with Crippen LogP contribution in [0.3, 0.4) is 0 Å². The van der Waals surface area contributed by atoms with Gasteiger partial charge in [-0.25, -0.2) is 10.2 Å². The predicted molar refractivity (Wildman–Crippen MR) is 263 cm³/mol. The summed E-state index contributed by atoms with van der Waals surface area (Å²) in [6.45, 7) is 2.88. The molecule has 6 atom stereocenters. The van der Waals surface area contributed by atoms with Gasteiger partial charge in [-0.1, -0.05) is 105 Å². The molecule has 0 aliphatic rings. The third-order valence-electron chi connectivity index (χ3n) is 10.7. The van der Waals surface area contributed by atoms with Crippen molar-refractivity contribution in [2.45, 2.75) is 101 Å². The van der Waals surface area contributed by atoms with Gasteiger partial charge >= 0.3 is 6.03 Å². The van der Waals surface area contributed by atoms with Crippen LogP contribution in [0.15, 0.2) is 96.0 Å². The molecule has 71 heavy (non-hydrogen) atoms. The number of aliphatic hydroxyl groups is 1. The van der Waals surface area contributed by atoms with Crippen molar-refractivity contribution in [1.82, 2.24) is 48.1 Å². The van der Waals surface area contributed by atoms with E-state index in [1.165, 1.54) is 7.05 Å². The van der Waals surface area contributed by atoms with Crippen molar-refractivity contribution in [2.75, 3.05) is 20.2 Å². The molecule has 0 heterocycles. The van der Waals surface area contributed by atoms with E-state index in [1.54, 1.807) is 86.6 Å². The monoisotopic (exact) mass is 986 g/mol. The van der Waals surface area contributed by atoms with Gasteiger partial charge in [-0.15, -0.1) is 0 Å². The quantitative estimate of drug-likeness (QED) is 0.0162. The van der Waals surface area contributed by atoms with Crippen molar-refractivity contribution < 1.29 is 48.3 Å². The first-order valence-electron chi connectivity index (χ1n) is 23.0. The molecular formula is C48H67N13O10. The maximum Gasteiger partial charge on any atom is 0.334 e. The third-order valence-corrected chi connectivity index (χ3v) is 10.7. The molecule has 10 amide bonds. The van der Waals surface area contributed by atoms with Crippen LogP contribution in [0.1, 0.15) is 62.6 Å². The Kier molecular flexibility index (Phi) is 24.5. The Morgan fingerprint density at radius 3 is 1.59 bits per heavy atom. The summed E-state index contributed by atoms with van der Waals surface area (Å²) in [5.74, 6) is -6.82. The zero-order valence-electron chi connectivity index (χ0n) is 40.1. The number of aliphatic imine (C=N–C) groups is 1. The number of aryl methyl sites for hydroxylation is 1. The molecule has 0 aliphatic heterocycles. The smallest absolute Gasteiger partial charge is 0.334 e. The van der Waals surface area contributed by atoms with Crippen molar-refractivity contribution in [3.63, 3.8) is 0 Å². The summed E-state index contributed by atoms with van der Waals surface area (Å²) in [6.07, 6.45) is 0.0443. The lowest BCUT2D eigenvalue weighted by Crippen LogP contribution is -2.61. The molecule has 0 aromatic heterocycles. The van der Waals surface area contributed by atoms with Crippen LogP contribution in [0.2, 0.25) is 0 Å². The molecule has 0 bridgehead atoms. The van der Waals surface area contributed by atoms with Gasteiger partial charge in [0.1, 0.15) is 36.3 Å². The van der Waals surface area contributed by atoms with E-state index in [0.29, 0.717) is 18.4 Å². The number of benzene rings is 3. The lowest BCUT2D eigenvalue weighted by molar-refractivity contribution is -0.135. The second-order valence-electron chi connectivity index (χ2n) is 16.9. The first kappa shape index (κ1) is 57.2. The Morgan fingerprint density at radius 1 is 0.563 bits per heavy atom. The van der Waals surface area contributed by atoms with Gasteiger partial charge in [0, 0.05) is 32.9 Å². The zero-order valence-corrected chi connectivity index (χ0v) is 40.1.